The normalized spacial score (nSPS) is 18.1. The zero-order valence-corrected chi connectivity index (χ0v) is 20.0. The molecule has 1 aliphatic heterocycles. The molecule has 0 radical (unpaired) electrons. The molecule has 1 saturated carbocycles. The third-order valence-electron chi connectivity index (χ3n) is 6.81. The third-order valence-corrected chi connectivity index (χ3v) is 6.81. The zero-order valence-electron chi connectivity index (χ0n) is 20.0. The highest BCUT2D eigenvalue weighted by molar-refractivity contribution is 5.99. The van der Waals surface area contributed by atoms with Crippen LogP contribution in [-0.2, 0) is 4.79 Å². The largest absolute Gasteiger partial charge is 0.383 e. The minimum absolute atomic E-state index is 0.0165. The van der Waals surface area contributed by atoms with Gasteiger partial charge in [-0.1, -0.05) is 18.2 Å². The number of fused-ring (bicyclic) bond motifs is 1. The topological polar surface area (TPSA) is 122 Å². The van der Waals surface area contributed by atoms with Crippen LogP contribution in [0.5, 0.6) is 0 Å². The molecule has 2 fully saturated rings. The molecule has 0 bridgehead atoms. The lowest BCUT2D eigenvalue weighted by Gasteiger charge is -2.16. The molecule has 1 atom stereocenters. The van der Waals surface area contributed by atoms with Crippen LogP contribution in [0.3, 0.4) is 0 Å². The summed E-state index contributed by atoms with van der Waals surface area (Å²) in [7, 11) is 3.69. The lowest BCUT2D eigenvalue weighted by molar-refractivity contribution is -0.125. The van der Waals surface area contributed by atoms with E-state index < -0.39 is 0 Å². The number of carbonyl (C=O) groups is 2. The monoisotopic (exact) mass is 474 g/mol. The fraction of sp³-hybridized carbons (Fsp3) is 0.400. The summed E-state index contributed by atoms with van der Waals surface area (Å²) in [5.74, 6) is 0.214. The first-order valence-corrected chi connectivity index (χ1v) is 11.9. The summed E-state index contributed by atoms with van der Waals surface area (Å²) < 4.78 is 1.87. The van der Waals surface area contributed by atoms with Crippen LogP contribution in [0.15, 0.2) is 42.7 Å². The van der Waals surface area contributed by atoms with Crippen LogP contribution in [-0.4, -0.2) is 81.1 Å². The number of benzene rings is 1. The van der Waals surface area contributed by atoms with Crippen LogP contribution < -0.4 is 11.1 Å². The van der Waals surface area contributed by atoms with Crippen molar-refractivity contribution in [1.82, 2.24) is 34.9 Å². The number of likely N-dealkylation sites (N-methyl/N-ethyl adjacent to an activating group) is 1. The van der Waals surface area contributed by atoms with Gasteiger partial charge in [-0.2, -0.15) is 5.10 Å². The maximum absolute atomic E-state index is 12.8. The SMILES string of the molecule is CNC(=O)c1ccc(-c2nn(C3CCN(C(=O)/C=C/CN(C)C4CC4)C3)c3ncnc(N)c23)cc1. The van der Waals surface area contributed by atoms with Crippen LogP contribution in [0.1, 0.15) is 35.7 Å². The van der Waals surface area contributed by atoms with E-state index in [9.17, 15) is 9.59 Å². The lowest BCUT2D eigenvalue weighted by atomic mass is 10.1. The number of likely N-dealkylation sites (tertiary alicyclic amines) is 1. The van der Waals surface area contributed by atoms with Gasteiger partial charge in [0.1, 0.15) is 17.8 Å². The highest BCUT2D eigenvalue weighted by Crippen LogP contribution is 2.34. The van der Waals surface area contributed by atoms with Crippen LogP contribution >= 0.6 is 0 Å². The highest BCUT2D eigenvalue weighted by Gasteiger charge is 2.30. The third kappa shape index (κ3) is 4.61. The number of aromatic nitrogens is 4. The summed E-state index contributed by atoms with van der Waals surface area (Å²) in [6.07, 6.45) is 8.34. The molecule has 1 aliphatic carbocycles. The molecule has 1 saturated heterocycles. The second-order valence-corrected chi connectivity index (χ2v) is 9.21. The Bertz CT molecular complexity index is 1280. The molecule has 2 aromatic heterocycles. The van der Waals surface area contributed by atoms with E-state index in [0.29, 0.717) is 47.2 Å². The van der Waals surface area contributed by atoms with Gasteiger partial charge in [0.25, 0.3) is 5.91 Å². The number of nitrogens with two attached hydrogens (primary N) is 1. The molecule has 10 nitrogen and oxygen atoms in total. The lowest BCUT2D eigenvalue weighted by Crippen LogP contribution is -2.28. The average molecular weight is 475 g/mol. The Balaban J connectivity index is 1.37. The smallest absolute Gasteiger partial charge is 0.251 e. The molecule has 10 heteroatoms. The van der Waals surface area contributed by atoms with E-state index in [4.69, 9.17) is 10.8 Å². The second kappa shape index (κ2) is 9.46. The van der Waals surface area contributed by atoms with Gasteiger partial charge in [-0.25, -0.2) is 14.6 Å². The maximum Gasteiger partial charge on any atom is 0.251 e. The highest BCUT2D eigenvalue weighted by atomic mass is 16.2. The van der Waals surface area contributed by atoms with E-state index in [1.54, 1.807) is 25.3 Å². The van der Waals surface area contributed by atoms with Crippen molar-refractivity contribution in [2.45, 2.75) is 31.3 Å². The van der Waals surface area contributed by atoms with E-state index in [-0.39, 0.29) is 17.9 Å². The number of hydrogen-bond donors (Lipinski definition) is 2. The molecule has 2 amide bonds. The van der Waals surface area contributed by atoms with Gasteiger partial charge >= 0.3 is 0 Å². The fourth-order valence-corrected chi connectivity index (χ4v) is 4.61. The minimum atomic E-state index is -0.154. The fourth-order valence-electron chi connectivity index (χ4n) is 4.61. The van der Waals surface area contributed by atoms with Crippen LogP contribution in [0.2, 0.25) is 0 Å². The zero-order chi connectivity index (χ0) is 24.5. The Morgan fingerprint density at radius 3 is 2.69 bits per heavy atom. The van der Waals surface area contributed by atoms with Crippen LogP contribution in [0.25, 0.3) is 22.3 Å². The van der Waals surface area contributed by atoms with Gasteiger partial charge in [0.2, 0.25) is 5.91 Å². The first-order chi connectivity index (χ1) is 17.0. The first-order valence-electron chi connectivity index (χ1n) is 11.9. The predicted octanol–water partition coefficient (Wildman–Crippen LogP) is 1.86. The van der Waals surface area contributed by atoms with Crippen molar-refractivity contribution in [3.8, 4) is 11.3 Å². The molecule has 182 valence electrons. The standard InChI is InChI=1S/C25H30N8O2/c1-27-25(35)17-7-5-16(6-8-17)22-21-23(26)28-15-29-24(21)33(30-22)19-11-13-32(14-19)20(34)4-3-12-31(2)18-9-10-18/h3-8,15,18-19H,9-14H2,1-2H3,(H,27,35)(H2,26,28,29)/b4-3+. The molecule has 3 heterocycles. The minimum Gasteiger partial charge on any atom is -0.383 e. The summed E-state index contributed by atoms with van der Waals surface area (Å²) in [4.78, 5) is 37.5. The molecule has 1 aromatic carbocycles. The van der Waals surface area contributed by atoms with Gasteiger partial charge in [-0.3, -0.25) is 14.5 Å². The Morgan fingerprint density at radius 2 is 1.97 bits per heavy atom. The average Bonchev–Trinajstić information content (AvgIpc) is 3.48. The van der Waals surface area contributed by atoms with Crippen LogP contribution in [0.4, 0.5) is 5.82 Å². The molecule has 3 aromatic rings. The van der Waals surface area contributed by atoms with Crippen LogP contribution in [0, 0.1) is 0 Å². The number of rotatable bonds is 7. The van der Waals surface area contributed by atoms with Crippen molar-refractivity contribution in [1.29, 1.82) is 0 Å². The van der Waals surface area contributed by atoms with E-state index >= 15 is 0 Å². The van der Waals surface area contributed by atoms with Crippen molar-refractivity contribution < 1.29 is 9.59 Å². The van der Waals surface area contributed by atoms with Gasteiger partial charge < -0.3 is 16.0 Å². The quantitative estimate of drug-likeness (QED) is 0.501. The first kappa shape index (κ1) is 23.0. The van der Waals surface area contributed by atoms with E-state index in [2.05, 4.69) is 27.2 Å². The van der Waals surface area contributed by atoms with Gasteiger partial charge in [0, 0.05) is 49.9 Å². The van der Waals surface area contributed by atoms with Gasteiger partial charge in [0.05, 0.1) is 11.4 Å². The van der Waals surface area contributed by atoms with Gasteiger partial charge in [-0.05, 0) is 38.4 Å². The number of carbonyl (C=O) groups excluding carboxylic acids is 2. The summed E-state index contributed by atoms with van der Waals surface area (Å²) in [6.45, 7) is 2.00. The molecule has 35 heavy (non-hydrogen) atoms. The summed E-state index contributed by atoms with van der Waals surface area (Å²) in [5.41, 5.74) is 8.92. The van der Waals surface area contributed by atoms with E-state index in [1.165, 1.54) is 19.2 Å². The predicted molar refractivity (Wildman–Crippen MR) is 134 cm³/mol. The van der Waals surface area contributed by atoms with Crippen molar-refractivity contribution in [2.75, 3.05) is 39.5 Å². The summed E-state index contributed by atoms with van der Waals surface area (Å²) in [6, 6.07) is 7.85. The van der Waals surface area contributed by atoms with E-state index in [0.717, 1.165) is 18.5 Å². The van der Waals surface area contributed by atoms with Crippen molar-refractivity contribution in [3.63, 3.8) is 0 Å². The van der Waals surface area contributed by atoms with Gasteiger partial charge in [-0.15, -0.1) is 0 Å². The Morgan fingerprint density at radius 1 is 1.20 bits per heavy atom. The van der Waals surface area contributed by atoms with Crippen molar-refractivity contribution in [2.24, 2.45) is 0 Å². The molecule has 5 rings (SSSR count). The number of amides is 2. The molecule has 0 spiro atoms. The Labute approximate surface area is 203 Å². The molecule has 3 N–H and O–H groups in total. The molecular weight excluding hydrogens is 444 g/mol. The number of hydrogen-bond acceptors (Lipinski definition) is 7. The van der Waals surface area contributed by atoms with Crippen molar-refractivity contribution in [3.05, 3.63) is 48.3 Å². The summed E-state index contributed by atoms with van der Waals surface area (Å²) in [5, 5.41) is 8.17. The number of nitrogen functional groups attached to an aromatic ring is 1. The summed E-state index contributed by atoms with van der Waals surface area (Å²) >= 11 is 0. The van der Waals surface area contributed by atoms with E-state index in [1.807, 2.05) is 27.8 Å². The number of nitrogens with one attached hydrogen (secondary N) is 1. The Kier molecular flexibility index (Phi) is 6.21. The molecule has 2 aliphatic rings. The number of nitrogens with zero attached hydrogens (tertiary/aromatic N) is 6. The van der Waals surface area contributed by atoms with Gasteiger partial charge in [0.15, 0.2) is 5.65 Å². The number of anilines is 1. The van der Waals surface area contributed by atoms with Crippen molar-refractivity contribution >= 4 is 28.7 Å². The second-order valence-electron chi connectivity index (χ2n) is 9.21. The maximum atomic E-state index is 12.8. The Hall–Kier alpha value is -3.79. The molecule has 1 unspecified atom stereocenters. The molecular formula is C25H30N8O2.